The van der Waals surface area contributed by atoms with Crippen LogP contribution in [0.1, 0.15) is 18.4 Å². The van der Waals surface area contributed by atoms with Crippen LogP contribution in [0.2, 0.25) is 0 Å². The third kappa shape index (κ3) is 5.15. The van der Waals surface area contributed by atoms with Crippen molar-refractivity contribution in [3.05, 3.63) is 66.2 Å². The Morgan fingerprint density at radius 2 is 1.72 bits per heavy atom. The Kier molecular flexibility index (Phi) is 6.44. The van der Waals surface area contributed by atoms with E-state index in [2.05, 4.69) is 0 Å². The monoisotopic (exact) mass is 398 g/mol. The molecule has 2 fully saturated rings. The maximum absolute atomic E-state index is 11.9. The van der Waals surface area contributed by atoms with Crippen LogP contribution >= 0.6 is 0 Å². The Bertz CT molecular complexity index is 780. The lowest BCUT2D eigenvalue weighted by Crippen LogP contribution is -2.42. The molecule has 1 aliphatic heterocycles. The van der Waals surface area contributed by atoms with Gasteiger partial charge in [0.1, 0.15) is 30.7 Å². The molecule has 0 radical (unpaired) electrons. The molecule has 0 spiro atoms. The fourth-order valence-electron chi connectivity index (χ4n) is 3.98. The highest BCUT2D eigenvalue weighted by Gasteiger charge is 2.51. The van der Waals surface area contributed by atoms with Gasteiger partial charge in [0.25, 0.3) is 0 Å². The van der Waals surface area contributed by atoms with Gasteiger partial charge >= 0.3 is 5.97 Å². The molecule has 0 amide bonds. The maximum atomic E-state index is 11.9. The second-order valence-electron chi connectivity index (χ2n) is 7.54. The van der Waals surface area contributed by atoms with E-state index in [9.17, 15) is 9.90 Å². The van der Waals surface area contributed by atoms with Crippen molar-refractivity contribution in [1.82, 2.24) is 0 Å². The smallest absolute Gasteiger partial charge is 0.306 e. The average molecular weight is 398 g/mol. The van der Waals surface area contributed by atoms with Gasteiger partial charge in [-0.25, -0.2) is 0 Å². The van der Waals surface area contributed by atoms with Gasteiger partial charge in [0.05, 0.1) is 25.7 Å². The molecule has 2 bridgehead atoms. The maximum Gasteiger partial charge on any atom is 0.306 e. The van der Waals surface area contributed by atoms with Crippen molar-refractivity contribution in [2.24, 2.45) is 5.92 Å². The Hall–Kier alpha value is -2.41. The third-order valence-corrected chi connectivity index (χ3v) is 5.39. The van der Waals surface area contributed by atoms with E-state index in [1.54, 1.807) is 0 Å². The van der Waals surface area contributed by atoms with Crippen molar-refractivity contribution in [2.75, 3.05) is 13.2 Å². The lowest BCUT2D eigenvalue weighted by Gasteiger charge is -2.31. The molecule has 0 aromatic heterocycles. The fraction of sp³-hybridized carbons (Fsp3) is 0.435. The number of esters is 1. The van der Waals surface area contributed by atoms with Crippen LogP contribution in [0.4, 0.5) is 0 Å². The van der Waals surface area contributed by atoms with Crippen molar-refractivity contribution in [1.29, 1.82) is 0 Å². The molecular weight excluding hydrogens is 372 g/mol. The number of aliphatic hydroxyl groups is 1. The average Bonchev–Trinajstić information content (AvgIpc) is 2.96. The van der Waals surface area contributed by atoms with Crippen LogP contribution in [0.25, 0.3) is 0 Å². The van der Waals surface area contributed by atoms with Crippen LogP contribution in [0, 0.1) is 5.92 Å². The first-order chi connectivity index (χ1) is 14.2. The van der Waals surface area contributed by atoms with Crippen LogP contribution in [0.5, 0.6) is 5.75 Å². The normalized spacial score (nSPS) is 26.7. The van der Waals surface area contributed by atoms with Crippen LogP contribution in [-0.4, -0.2) is 48.7 Å². The SMILES string of the molecule is O=C1CC2C(OCc3ccccc3)C[C@@H](O1)C2OCC(O)COc1ccccc1. The molecule has 6 nitrogen and oxygen atoms in total. The number of carbonyl (C=O) groups excluding carboxylic acids is 1. The summed E-state index contributed by atoms with van der Waals surface area (Å²) in [5.41, 5.74) is 1.09. The molecule has 2 aliphatic rings. The molecule has 2 aromatic carbocycles. The fourth-order valence-corrected chi connectivity index (χ4v) is 3.98. The summed E-state index contributed by atoms with van der Waals surface area (Å²) >= 11 is 0. The van der Waals surface area contributed by atoms with Crippen molar-refractivity contribution < 1.29 is 28.8 Å². The lowest BCUT2D eigenvalue weighted by atomic mass is 9.97. The number of fused-ring (bicyclic) bond motifs is 2. The number of aliphatic hydroxyl groups excluding tert-OH is 1. The molecule has 5 atom stereocenters. The van der Waals surface area contributed by atoms with E-state index >= 15 is 0 Å². The summed E-state index contributed by atoms with van der Waals surface area (Å²) in [6, 6.07) is 19.3. The lowest BCUT2D eigenvalue weighted by molar-refractivity contribution is -0.172. The number of hydrogen-bond acceptors (Lipinski definition) is 6. The third-order valence-electron chi connectivity index (χ3n) is 5.39. The zero-order chi connectivity index (χ0) is 20.1. The van der Waals surface area contributed by atoms with Crippen molar-refractivity contribution in [3.63, 3.8) is 0 Å². The zero-order valence-corrected chi connectivity index (χ0v) is 16.2. The molecule has 1 N–H and O–H groups in total. The van der Waals surface area contributed by atoms with E-state index in [-0.39, 0.29) is 49.8 Å². The summed E-state index contributed by atoms with van der Waals surface area (Å²) in [5.74, 6) is 0.429. The first kappa shape index (κ1) is 19.9. The van der Waals surface area contributed by atoms with Gasteiger partial charge in [-0.2, -0.15) is 0 Å². The molecule has 4 rings (SSSR count). The second-order valence-corrected chi connectivity index (χ2v) is 7.54. The number of hydrogen-bond donors (Lipinski definition) is 1. The van der Waals surface area contributed by atoms with Gasteiger partial charge in [0, 0.05) is 12.3 Å². The summed E-state index contributed by atoms with van der Waals surface area (Å²) in [7, 11) is 0. The van der Waals surface area contributed by atoms with E-state index in [1.165, 1.54) is 0 Å². The van der Waals surface area contributed by atoms with E-state index in [1.807, 2.05) is 60.7 Å². The van der Waals surface area contributed by atoms with Crippen molar-refractivity contribution in [3.8, 4) is 5.75 Å². The highest BCUT2D eigenvalue weighted by atomic mass is 16.6. The minimum Gasteiger partial charge on any atom is -0.491 e. The number of carbonyl (C=O) groups is 1. The summed E-state index contributed by atoms with van der Waals surface area (Å²) in [4.78, 5) is 11.9. The molecule has 6 heteroatoms. The molecule has 1 saturated heterocycles. The second kappa shape index (κ2) is 9.39. The van der Waals surface area contributed by atoms with Crippen molar-refractivity contribution in [2.45, 2.75) is 43.9 Å². The summed E-state index contributed by atoms with van der Waals surface area (Å²) in [6.07, 6.45) is -0.573. The zero-order valence-electron chi connectivity index (χ0n) is 16.2. The summed E-state index contributed by atoms with van der Waals surface area (Å²) in [6.45, 7) is 0.746. The summed E-state index contributed by atoms with van der Waals surface area (Å²) < 4.78 is 23.1. The largest absolute Gasteiger partial charge is 0.491 e. The van der Waals surface area contributed by atoms with E-state index in [0.717, 1.165) is 5.56 Å². The number of benzene rings is 2. The molecule has 4 unspecified atom stereocenters. The molecule has 1 saturated carbocycles. The minimum absolute atomic E-state index is 0.0628. The topological polar surface area (TPSA) is 74.2 Å². The number of rotatable bonds is 9. The van der Waals surface area contributed by atoms with Gasteiger partial charge in [0.2, 0.25) is 0 Å². The van der Waals surface area contributed by atoms with Crippen molar-refractivity contribution >= 4 is 5.97 Å². The molecule has 154 valence electrons. The van der Waals surface area contributed by atoms with Gasteiger partial charge in [-0.3, -0.25) is 4.79 Å². The standard InChI is InChI=1S/C23H26O6/c24-17(14-26-18-9-5-2-6-10-18)15-28-23-19-11-22(25)29-21(23)12-20(19)27-13-16-7-3-1-4-8-16/h1-10,17,19-21,23-24H,11-15H2/t17?,19?,20?,21-,23?/m1/s1. The summed E-state index contributed by atoms with van der Waals surface area (Å²) in [5, 5.41) is 10.2. The Balaban J connectivity index is 1.28. The highest BCUT2D eigenvalue weighted by Crippen LogP contribution is 2.40. The Morgan fingerprint density at radius 3 is 2.48 bits per heavy atom. The van der Waals surface area contributed by atoms with Crippen LogP contribution in [0.3, 0.4) is 0 Å². The number of para-hydroxylation sites is 1. The minimum atomic E-state index is -0.768. The quantitative estimate of drug-likeness (QED) is 0.655. The first-order valence-corrected chi connectivity index (χ1v) is 10.0. The van der Waals surface area contributed by atoms with Gasteiger partial charge in [0.15, 0.2) is 0 Å². The van der Waals surface area contributed by atoms with Crippen LogP contribution < -0.4 is 4.74 Å². The van der Waals surface area contributed by atoms with E-state index < -0.39 is 6.10 Å². The molecule has 1 heterocycles. The first-order valence-electron chi connectivity index (χ1n) is 10.0. The van der Waals surface area contributed by atoms with Gasteiger partial charge in [-0.1, -0.05) is 48.5 Å². The predicted octanol–water partition coefficient (Wildman–Crippen LogP) is 2.73. The Labute approximate surface area is 170 Å². The van der Waals surface area contributed by atoms with E-state index in [0.29, 0.717) is 18.8 Å². The van der Waals surface area contributed by atoms with Gasteiger partial charge in [-0.15, -0.1) is 0 Å². The molecule has 2 aromatic rings. The van der Waals surface area contributed by atoms with E-state index in [4.69, 9.17) is 18.9 Å². The van der Waals surface area contributed by atoms with Gasteiger partial charge < -0.3 is 24.1 Å². The highest BCUT2D eigenvalue weighted by molar-refractivity contribution is 5.71. The molecule has 29 heavy (non-hydrogen) atoms. The van der Waals surface area contributed by atoms with Crippen LogP contribution in [0.15, 0.2) is 60.7 Å². The number of ether oxygens (including phenoxy) is 4. The Morgan fingerprint density at radius 1 is 1.00 bits per heavy atom. The van der Waals surface area contributed by atoms with Gasteiger partial charge in [-0.05, 0) is 17.7 Å². The van der Waals surface area contributed by atoms with Crippen LogP contribution in [-0.2, 0) is 25.6 Å². The molecule has 1 aliphatic carbocycles. The molecular formula is C23H26O6. The predicted molar refractivity (Wildman–Crippen MR) is 105 cm³/mol.